The van der Waals surface area contributed by atoms with Crippen molar-refractivity contribution in [2.24, 2.45) is 5.50 Å². The fourth-order valence-corrected chi connectivity index (χ4v) is 3.73. The third-order valence-corrected chi connectivity index (χ3v) is 4.45. The lowest BCUT2D eigenvalue weighted by molar-refractivity contribution is 0.159. The van der Waals surface area contributed by atoms with Crippen molar-refractivity contribution in [1.82, 2.24) is 4.67 Å². The van der Waals surface area contributed by atoms with E-state index in [0.29, 0.717) is 24.9 Å². The van der Waals surface area contributed by atoms with E-state index in [1.807, 2.05) is 0 Å². The number of alkyl halides is 2. The van der Waals surface area contributed by atoms with Gasteiger partial charge in [-0.15, -0.1) is 23.2 Å². The van der Waals surface area contributed by atoms with E-state index in [0.717, 1.165) is 12.8 Å². The highest BCUT2D eigenvalue weighted by Gasteiger charge is 2.36. The Morgan fingerprint density at radius 3 is 2.79 bits per heavy atom. The summed E-state index contributed by atoms with van der Waals surface area (Å²) in [5.74, 6) is 0.923. The second-order valence-electron chi connectivity index (χ2n) is 3.17. The number of halogens is 2. The smallest absolute Gasteiger partial charge is 0.306 e. The molecule has 7 heteroatoms. The largest absolute Gasteiger partial charge is 0.341 e. The van der Waals surface area contributed by atoms with Gasteiger partial charge in [0.05, 0.1) is 6.61 Å². The molecule has 1 saturated heterocycles. The number of hydrogen-bond donors (Lipinski definition) is 1. The predicted molar refractivity (Wildman–Crippen MR) is 58.9 cm³/mol. The molecule has 0 spiro atoms. The Balaban J connectivity index is 2.68. The van der Waals surface area contributed by atoms with Gasteiger partial charge in [0, 0.05) is 24.3 Å². The molecule has 1 fully saturated rings. The zero-order valence-corrected chi connectivity index (χ0v) is 10.3. The summed E-state index contributed by atoms with van der Waals surface area (Å²) >= 11 is 11.3. The van der Waals surface area contributed by atoms with Crippen LogP contribution in [0.15, 0.2) is 0 Å². The van der Waals surface area contributed by atoms with Crippen LogP contribution in [0.1, 0.15) is 12.8 Å². The molecule has 0 bridgehead atoms. The van der Waals surface area contributed by atoms with Crippen molar-refractivity contribution in [3.05, 3.63) is 0 Å². The van der Waals surface area contributed by atoms with Crippen molar-refractivity contribution in [2.75, 3.05) is 24.9 Å². The topological polar surface area (TPSA) is 55.6 Å². The molecule has 2 atom stereocenters. The standard InChI is InChI=1S/C7H15Cl2N2O2P/c8-3-1-7-2-6-13-14(10,12)11(7)5-4-9/h7H,1-6H2,(H2,10,12). The second kappa shape index (κ2) is 5.69. The van der Waals surface area contributed by atoms with E-state index >= 15 is 0 Å². The molecule has 0 amide bonds. The third kappa shape index (κ3) is 3.09. The van der Waals surface area contributed by atoms with Crippen molar-refractivity contribution in [3.63, 3.8) is 0 Å². The van der Waals surface area contributed by atoms with Gasteiger partial charge in [-0.05, 0) is 12.8 Å². The zero-order valence-electron chi connectivity index (χ0n) is 7.86. The fraction of sp³-hybridized carbons (Fsp3) is 1.00. The van der Waals surface area contributed by atoms with Crippen molar-refractivity contribution < 1.29 is 9.09 Å². The van der Waals surface area contributed by atoms with E-state index in [4.69, 9.17) is 33.2 Å². The van der Waals surface area contributed by atoms with Gasteiger partial charge in [0.1, 0.15) is 0 Å². The molecule has 0 aromatic heterocycles. The highest BCUT2D eigenvalue weighted by molar-refractivity contribution is 7.54. The summed E-state index contributed by atoms with van der Waals surface area (Å²) in [6.07, 6.45) is 1.58. The Morgan fingerprint density at radius 2 is 2.21 bits per heavy atom. The predicted octanol–water partition coefficient (Wildman–Crippen LogP) is 2.01. The monoisotopic (exact) mass is 260 g/mol. The van der Waals surface area contributed by atoms with Gasteiger partial charge in [0.25, 0.3) is 0 Å². The first-order valence-electron chi connectivity index (χ1n) is 4.54. The molecule has 0 aromatic carbocycles. The number of nitrogens with two attached hydrogens (primary N) is 1. The van der Waals surface area contributed by atoms with Gasteiger partial charge in [-0.3, -0.25) is 4.57 Å². The van der Waals surface area contributed by atoms with Gasteiger partial charge in [-0.25, -0.2) is 10.2 Å². The molecule has 1 aliphatic heterocycles. The highest BCUT2D eigenvalue weighted by atomic mass is 35.5. The maximum absolute atomic E-state index is 11.8. The molecule has 0 radical (unpaired) electrons. The highest BCUT2D eigenvalue weighted by Crippen LogP contribution is 2.48. The van der Waals surface area contributed by atoms with E-state index in [1.165, 1.54) is 0 Å². The van der Waals surface area contributed by atoms with Crippen LogP contribution in [-0.4, -0.2) is 35.6 Å². The van der Waals surface area contributed by atoms with E-state index in [-0.39, 0.29) is 6.04 Å². The van der Waals surface area contributed by atoms with Crippen molar-refractivity contribution in [3.8, 4) is 0 Å². The van der Waals surface area contributed by atoms with Gasteiger partial charge in [-0.2, -0.15) is 0 Å². The Hall–Kier alpha value is 0.690. The third-order valence-electron chi connectivity index (χ3n) is 2.26. The SMILES string of the molecule is NP1(=O)OCCC(CCCl)N1CCCl. The molecule has 2 unspecified atom stereocenters. The number of hydrogen-bond acceptors (Lipinski definition) is 2. The average Bonchev–Trinajstić information content (AvgIpc) is 2.11. The van der Waals surface area contributed by atoms with Gasteiger partial charge in [0.2, 0.25) is 0 Å². The van der Waals surface area contributed by atoms with Crippen LogP contribution in [0, 0.1) is 0 Å². The van der Waals surface area contributed by atoms with Crippen LogP contribution >= 0.6 is 30.9 Å². The summed E-state index contributed by atoms with van der Waals surface area (Å²) in [5.41, 5.74) is 5.59. The Morgan fingerprint density at radius 1 is 1.50 bits per heavy atom. The quantitative estimate of drug-likeness (QED) is 0.621. The van der Waals surface area contributed by atoms with Gasteiger partial charge in [-0.1, -0.05) is 0 Å². The van der Waals surface area contributed by atoms with Crippen LogP contribution in [0.25, 0.3) is 0 Å². The first-order valence-corrected chi connectivity index (χ1v) is 7.25. The fourth-order valence-electron chi connectivity index (χ4n) is 1.60. The lowest BCUT2D eigenvalue weighted by Gasteiger charge is -2.38. The average molecular weight is 261 g/mol. The molecule has 4 nitrogen and oxygen atoms in total. The van der Waals surface area contributed by atoms with Gasteiger partial charge < -0.3 is 4.52 Å². The Kier molecular flexibility index (Phi) is 5.18. The van der Waals surface area contributed by atoms with Crippen molar-refractivity contribution in [2.45, 2.75) is 18.9 Å². The number of rotatable bonds is 4. The lowest BCUT2D eigenvalue weighted by Crippen LogP contribution is -2.41. The van der Waals surface area contributed by atoms with Crippen LogP contribution in [0.2, 0.25) is 0 Å². The Labute approximate surface area is 94.2 Å². The van der Waals surface area contributed by atoms with E-state index in [9.17, 15) is 4.57 Å². The number of nitrogens with zero attached hydrogens (tertiary/aromatic N) is 1. The Bertz CT molecular complexity index is 228. The van der Waals surface area contributed by atoms with Crippen LogP contribution in [-0.2, 0) is 9.09 Å². The summed E-state index contributed by atoms with van der Waals surface area (Å²) in [5, 5.41) is 0. The summed E-state index contributed by atoms with van der Waals surface area (Å²) in [6, 6.07) is 0.135. The molecule has 1 heterocycles. The second-order valence-corrected chi connectivity index (χ2v) is 5.83. The molecule has 1 rings (SSSR count). The molecule has 14 heavy (non-hydrogen) atoms. The minimum atomic E-state index is -3.11. The summed E-state index contributed by atoms with van der Waals surface area (Å²) in [4.78, 5) is 0. The molecular weight excluding hydrogens is 246 g/mol. The maximum Gasteiger partial charge on any atom is 0.341 e. The summed E-state index contributed by atoms with van der Waals surface area (Å²) in [7, 11) is -3.11. The van der Waals surface area contributed by atoms with Gasteiger partial charge >= 0.3 is 7.67 Å². The lowest BCUT2D eigenvalue weighted by atomic mass is 10.1. The van der Waals surface area contributed by atoms with Crippen LogP contribution in [0.3, 0.4) is 0 Å². The summed E-state index contributed by atoms with van der Waals surface area (Å²) in [6.45, 7) is 0.922. The molecular formula is C7H15Cl2N2O2P. The normalized spacial score (nSPS) is 34.6. The molecule has 0 saturated carbocycles. The molecule has 84 valence electrons. The molecule has 1 aliphatic rings. The van der Waals surface area contributed by atoms with E-state index in [2.05, 4.69) is 0 Å². The van der Waals surface area contributed by atoms with Crippen LogP contribution in [0.4, 0.5) is 0 Å². The van der Waals surface area contributed by atoms with Crippen LogP contribution in [0.5, 0.6) is 0 Å². The zero-order chi connectivity index (χ0) is 10.6. The minimum Gasteiger partial charge on any atom is -0.306 e. The first kappa shape index (κ1) is 12.8. The van der Waals surface area contributed by atoms with E-state index < -0.39 is 7.67 Å². The van der Waals surface area contributed by atoms with Crippen molar-refractivity contribution >= 4 is 30.9 Å². The summed E-state index contributed by atoms with van der Waals surface area (Å²) < 4.78 is 18.5. The minimum absolute atomic E-state index is 0.135. The molecule has 2 N–H and O–H groups in total. The maximum atomic E-state index is 11.8. The molecule has 0 aliphatic carbocycles. The first-order chi connectivity index (χ1) is 6.61. The van der Waals surface area contributed by atoms with Gasteiger partial charge in [0.15, 0.2) is 0 Å². The van der Waals surface area contributed by atoms with Crippen molar-refractivity contribution in [1.29, 1.82) is 0 Å². The van der Waals surface area contributed by atoms with Crippen LogP contribution < -0.4 is 5.50 Å². The molecule has 0 aromatic rings. The van der Waals surface area contributed by atoms with E-state index in [1.54, 1.807) is 4.67 Å².